The van der Waals surface area contributed by atoms with Gasteiger partial charge in [0.2, 0.25) is 0 Å². The molecule has 0 atom stereocenters. The molecule has 0 radical (unpaired) electrons. The van der Waals surface area contributed by atoms with Crippen LogP contribution in [0.2, 0.25) is 0 Å². The highest BCUT2D eigenvalue weighted by molar-refractivity contribution is 5.74. The number of nitrogens with zero attached hydrogens (tertiary/aromatic N) is 4. The molecule has 1 fully saturated rings. The van der Waals surface area contributed by atoms with Crippen LogP contribution in [0, 0.1) is 0 Å². The fourth-order valence-corrected chi connectivity index (χ4v) is 2.96. The van der Waals surface area contributed by atoms with E-state index in [0.717, 1.165) is 51.3 Å². The molecule has 2 aromatic heterocycles. The van der Waals surface area contributed by atoms with Crippen molar-refractivity contribution in [1.29, 1.82) is 0 Å². The number of rotatable bonds is 5. The number of nitrogens with one attached hydrogen (secondary N) is 1. The maximum Gasteiger partial charge on any atom is 0.317 e. The van der Waals surface area contributed by atoms with Gasteiger partial charge in [-0.3, -0.25) is 9.88 Å². The van der Waals surface area contributed by atoms with Gasteiger partial charge in [0.1, 0.15) is 0 Å². The minimum Gasteiger partial charge on any atom is -0.359 e. The molecule has 25 heavy (non-hydrogen) atoms. The molecule has 3 rings (SSSR count). The summed E-state index contributed by atoms with van der Waals surface area (Å²) in [5.74, 6) is 0.694. The van der Waals surface area contributed by atoms with E-state index in [1.807, 2.05) is 42.4 Å². The molecule has 7 heteroatoms. The van der Waals surface area contributed by atoms with Crippen molar-refractivity contribution in [3.63, 3.8) is 0 Å². The van der Waals surface area contributed by atoms with E-state index in [1.54, 1.807) is 0 Å². The van der Waals surface area contributed by atoms with Gasteiger partial charge in [-0.2, -0.15) is 0 Å². The van der Waals surface area contributed by atoms with E-state index < -0.39 is 0 Å². The minimum absolute atomic E-state index is 0.0415. The zero-order valence-electron chi connectivity index (χ0n) is 14.6. The first kappa shape index (κ1) is 17.4. The number of hydrogen-bond acceptors (Lipinski definition) is 5. The largest absolute Gasteiger partial charge is 0.359 e. The van der Waals surface area contributed by atoms with E-state index in [0.29, 0.717) is 12.3 Å². The van der Waals surface area contributed by atoms with Gasteiger partial charge in [-0.1, -0.05) is 12.1 Å². The zero-order valence-corrected chi connectivity index (χ0v) is 14.6. The number of urea groups is 1. The van der Waals surface area contributed by atoms with E-state index in [2.05, 4.69) is 20.4 Å². The molecule has 0 unspecified atom stereocenters. The van der Waals surface area contributed by atoms with Crippen molar-refractivity contribution < 1.29 is 9.32 Å². The summed E-state index contributed by atoms with van der Waals surface area (Å²) in [6.07, 6.45) is 5.44. The summed E-state index contributed by atoms with van der Waals surface area (Å²) >= 11 is 0. The van der Waals surface area contributed by atoms with Crippen LogP contribution in [-0.4, -0.2) is 52.2 Å². The Morgan fingerprint density at radius 3 is 2.84 bits per heavy atom. The van der Waals surface area contributed by atoms with E-state index in [4.69, 9.17) is 4.52 Å². The molecule has 0 spiro atoms. The second-order valence-electron chi connectivity index (χ2n) is 6.27. The first-order valence-electron chi connectivity index (χ1n) is 8.83. The smallest absolute Gasteiger partial charge is 0.317 e. The average molecular weight is 343 g/mol. The third kappa shape index (κ3) is 5.03. The second kappa shape index (κ2) is 8.62. The highest BCUT2D eigenvalue weighted by Gasteiger charge is 2.19. The lowest BCUT2D eigenvalue weighted by molar-refractivity contribution is 0.196. The Balaban J connectivity index is 1.46. The summed E-state index contributed by atoms with van der Waals surface area (Å²) in [5.41, 5.74) is 2.16. The molecule has 1 N–H and O–H groups in total. The summed E-state index contributed by atoms with van der Waals surface area (Å²) in [6.45, 7) is 6.67. The van der Waals surface area contributed by atoms with Gasteiger partial charge in [-0.25, -0.2) is 4.79 Å². The Bertz CT molecular complexity index is 673. The maximum absolute atomic E-state index is 12.4. The normalized spacial score (nSPS) is 15.8. The van der Waals surface area contributed by atoms with Crippen LogP contribution < -0.4 is 5.32 Å². The van der Waals surface area contributed by atoms with Crippen molar-refractivity contribution in [2.45, 2.75) is 32.9 Å². The molecule has 2 aromatic rings. The fourth-order valence-electron chi connectivity index (χ4n) is 2.96. The zero-order chi connectivity index (χ0) is 17.5. The van der Waals surface area contributed by atoms with Crippen molar-refractivity contribution in [2.75, 3.05) is 26.2 Å². The van der Waals surface area contributed by atoms with Gasteiger partial charge in [0.15, 0.2) is 5.76 Å². The summed E-state index contributed by atoms with van der Waals surface area (Å²) in [7, 11) is 0. The monoisotopic (exact) mass is 343 g/mol. The Labute approximate surface area is 148 Å². The molecule has 0 aliphatic carbocycles. The molecule has 3 heterocycles. The summed E-state index contributed by atoms with van der Waals surface area (Å²) in [6, 6.07) is 5.92. The highest BCUT2D eigenvalue weighted by Crippen LogP contribution is 2.09. The minimum atomic E-state index is -0.0415. The molecule has 7 nitrogen and oxygen atoms in total. The van der Waals surface area contributed by atoms with Gasteiger partial charge in [-0.15, -0.1) is 0 Å². The van der Waals surface area contributed by atoms with Gasteiger partial charge >= 0.3 is 6.03 Å². The predicted molar refractivity (Wildman–Crippen MR) is 93.8 cm³/mol. The van der Waals surface area contributed by atoms with Crippen LogP contribution in [0.25, 0.3) is 0 Å². The lowest BCUT2D eigenvalue weighted by Crippen LogP contribution is -2.41. The van der Waals surface area contributed by atoms with Crippen molar-refractivity contribution in [2.24, 2.45) is 0 Å². The van der Waals surface area contributed by atoms with Gasteiger partial charge in [-0.05, 0) is 30.5 Å². The molecule has 1 aliphatic heterocycles. The highest BCUT2D eigenvalue weighted by atomic mass is 16.5. The van der Waals surface area contributed by atoms with E-state index in [-0.39, 0.29) is 6.03 Å². The first-order valence-corrected chi connectivity index (χ1v) is 8.83. The lowest BCUT2D eigenvalue weighted by atomic mass is 10.2. The molecular weight excluding hydrogens is 318 g/mol. The lowest BCUT2D eigenvalue weighted by Gasteiger charge is -2.22. The Morgan fingerprint density at radius 1 is 1.24 bits per heavy atom. The van der Waals surface area contributed by atoms with Crippen LogP contribution in [0.1, 0.15) is 30.4 Å². The number of carbonyl (C=O) groups is 1. The van der Waals surface area contributed by atoms with Crippen molar-refractivity contribution in [3.8, 4) is 0 Å². The van der Waals surface area contributed by atoms with E-state index in [9.17, 15) is 4.79 Å². The predicted octanol–water partition coefficient (Wildman–Crippen LogP) is 2.05. The fraction of sp³-hybridized carbons (Fsp3) is 0.500. The van der Waals surface area contributed by atoms with Crippen molar-refractivity contribution >= 4 is 6.03 Å². The summed E-state index contributed by atoms with van der Waals surface area (Å²) in [4.78, 5) is 20.7. The number of aryl methyl sites for hydroxylation is 1. The average Bonchev–Trinajstić information content (AvgIpc) is 2.99. The SMILES string of the molecule is CCc1cc(CNC(=O)N2CCCN(Cc3ccncc3)CC2)on1. The van der Waals surface area contributed by atoms with Crippen LogP contribution in [0.5, 0.6) is 0 Å². The topological polar surface area (TPSA) is 74.5 Å². The summed E-state index contributed by atoms with van der Waals surface area (Å²) < 4.78 is 5.20. The molecule has 0 aromatic carbocycles. The third-order valence-corrected chi connectivity index (χ3v) is 4.42. The van der Waals surface area contributed by atoms with Crippen LogP contribution in [-0.2, 0) is 19.5 Å². The first-order chi connectivity index (χ1) is 12.2. The van der Waals surface area contributed by atoms with Crippen LogP contribution in [0.3, 0.4) is 0 Å². The number of amides is 2. The molecule has 134 valence electrons. The number of carbonyl (C=O) groups excluding carboxylic acids is 1. The number of pyridine rings is 1. The molecule has 0 bridgehead atoms. The molecule has 2 amide bonds. The Kier molecular flexibility index (Phi) is 6.00. The Hall–Kier alpha value is -2.41. The van der Waals surface area contributed by atoms with Gasteiger partial charge in [0, 0.05) is 51.2 Å². The number of hydrogen-bond donors (Lipinski definition) is 1. The van der Waals surface area contributed by atoms with Gasteiger partial charge < -0.3 is 14.7 Å². The second-order valence-corrected chi connectivity index (χ2v) is 6.27. The van der Waals surface area contributed by atoms with Crippen LogP contribution >= 0.6 is 0 Å². The molecule has 0 saturated carbocycles. The van der Waals surface area contributed by atoms with Crippen LogP contribution in [0.4, 0.5) is 4.79 Å². The maximum atomic E-state index is 12.4. The quantitative estimate of drug-likeness (QED) is 0.899. The van der Waals surface area contributed by atoms with E-state index in [1.165, 1.54) is 5.56 Å². The van der Waals surface area contributed by atoms with E-state index >= 15 is 0 Å². The summed E-state index contributed by atoms with van der Waals surface area (Å²) in [5, 5.41) is 6.86. The van der Waals surface area contributed by atoms with Crippen molar-refractivity contribution in [3.05, 3.63) is 47.6 Å². The molecular formula is C18H25N5O2. The Morgan fingerprint density at radius 2 is 2.08 bits per heavy atom. The molecule has 1 aliphatic rings. The van der Waals surface area contributed by atoms with Gasteiger partial charge in [0.25, 0.3) is 0 Å². The molecule has 1 saturated heterocycles. The van der Waals surface area contributed by atoms with Crippen LogP contribution in [0.15, 0.2) is 35.1 Å². The van der Waals surface area contributed by atoms with Gasteiger partial charge in [0.05, 0.1) is 12.2 Å². The number of aromatic nitrogens is 2. The third-order valence-electron chi connectivity index (χ3n) is 4.42. The standard InChI is InChI=1S/C18H25N5O2/c1-2-16-12-17(25-21-16)13-20-18(24)23-9-3-8-22(10-11-23)14-15-4-6-19-7-5-15/h4-7,12H,2-3,8-11,13-14H2,1H3,(H,20,24). The van der Waals surface area contributed by atoms with Crippen molar-refractivity contribution in [1.82, 2.24) is 25.3 Å².